The van der Waals surface area contributed by atoms with Crippen molar-refractivity contribution in [2.24, 2.45) is 0 Å². The van der Waals surface area contributed by atoms with E-state index in [0.717, 1.165) is 6.26 Å². The highest BCUT2D eigenvalue weighted by atomic mass is 32.2. The second kappa shape index (κ2) is 5.93. The first-order valence-electron chi connectivity index (χ1n) is 6.37. The number of aliphatic hydroxyl groups is 1. The quantitative estimate of drug-likeness (QED) is 0.858. The molecule has 5 nitrogen and oxygen atoms in total. The lowest BCUT2D eigenvalue weighted by Crippen LogP contribution is -2.48. The molecule has 1 unspecified atom stereocenters. The summed E-state index contributed by atoms with van der Waals surface area (Å²) in [6, 6.07) is 4.45. The summed E-state index contributed by atoms with van der Waals surface area (Å²) in [5.74, 6) is -0.383. The maximum absolute atomic E-state index is 12.3. The third-order valence-electron chi connectivity index (χ3n) is 3.43. The van der Waals surface area contributed by atoms with Gasteiger partial charge >= 0.3 is 0 Å². The molecule has 20 heavy (non-hydrogen) atoms. The van der Waals surface area contributed by atoms with E-state index in [1.54, 1.807) is 19.9 Å². The van der Waals surface area contributed by atoms with Crippen molar-refractivity contribution >= 4 is 15.7 Å². The Morgan fingerprint density at radius 2 is 2.00 bits per heavy atom. The molecule has 1 atom stereocenters. The summed E-state index contributed by atoms with van der Waals surface area (Å²) in [5, 5.41) is 12.1. The van der Waals surface area contributed by atoms with E-state index in [1.807, 2.05) is 6.92 Å². The van der Waals surface area contributed by atoms with Crippen LogP contribution >= 0.6 is 0 Å². The van der Waals surface area contributed by atoms with E-state index in [2.05, 4.69) is 5.32 Å². The Morgan fingerprint density at radius 1 is 1.40 bits per heavy atom. The van der Waals surface area contributed by atoms with E-state index in [9.17, 15) is 18.3 Å². The van der Waals surface area contributed by atoms with Gasteiger partial charge in [0.1, 0.15) is 0 Å². The first-order valence-corrected chi connectivity index (χ1v) is 8.26. The van der Waals surface area contributed by atoms with Crippen LogP contribution in [0, 0.1) is 6.92 Å². The normalized spacial score (nSPS) is 14.7. The number of benzene rings is 1. The average Bonchev–Trinajstić information content (AvgIpc) is 2.37. The van der Waals surface area contributed by atoms with Crippen LogP contribution in [-0.4, -0.2) is 37.8 Å². The van der Waals surface area contributed by atoms with E-state index in [1.165, 1.54) is 12.1 Å². The SMILES string of the molecule is CCC(C)(CO)NC(=O)c1cc(S(C)(=O)=O)ccc1C. The predicted octanol–water partition coefficient (Wildman–Crippen LogP) is 1.29. The zero-order valence-electron chi connectivity index (χ0n) is 12.2. The number of hydrogen-bond donors (Lipinski definition) is 2. The van der Waals surface area contributed by atoms with Gasteiger partial charge < -0.3 is 10.4 Å². The molecule has 0 aliphatic carbocycles. The van der Waals surface area contributed by atoms with Crippen molar-refractivity contribution in [2.75, 3.05) is 12.9 Å². The molecule has 2 N–H and O–H groups in total. The molecule has 0 saturated heterocycles. The van der Waals surface area contributed by atoms with Crippen LogP contribution < -0.4 is 5.32 Å². The molecule has 1 aromatic carbocycles. The van der Waals surface area contributed by atoms with Gasteiger partial charge in [0.05, 0.1) is 17.0 Å². The highest BCUT2D eigenvalue weighted by Crippen LogP contribution is 2.17. The Hall–Kier alpha value is -1.40. The molecule has 1 rings (SSSR count). The summed E-state index contributed by atoms with van der Waals surface area (Å²) in [6.07, 6.45) is 1.67. The van der Waals surface area contributed by atoms with E-state index in [0.29, 0.717) is 17.5 Å². The Kier molecular flexibility index (Phi) is 4.94. The minimum Gasteiger partial charge on any atom is -0.394 e. The number of aliphatic hydroxyl groups excluding tert-OH is 1. The average molecular weight is 299 g/mol. The van der Waals surface area contributed by atoms with Crippen molar-refractivity contribution < 1.29 is 18.3 Å². The number of carbonyl (C=O) groups excluding carboxylic acids is 1. The Morgan fingerprint density at radius 3 is 2.45 bits per heavy atom. The zero-order chi connectivity index (χ0) is 15.6. The second-order valence-electron chi connectivity index (χ2n) is 5.28. The Bertz CT molecular complexity index is 604. The van der Waals surface area contributed by atoms with Gasteiger partial charge in [0.25, 0.3) is 5.91 Å². The van der Waals surface area contributed by atoms with Crippen LogP contribution in [-0.2, 0) is 9.84 Å². The number of nitrogens with one attached hydrogen (secondary N) is 1. The van der Waals surface area contributed by atoms with Crippen molar-refractivity contribution in [3.8, 4) is 0 Å². The van der Waals surface area contributed by atoms with Crippen molar-refractivity contribution in [3.05, 3.63) is 29.3 Å². The number of hydrogen-bond acceptors (Lipinski definition) is 4. The molecule has 0 heterocycles. The maximum atomic E-state index is 12.3. The lowest BCUT2D eigenvalue weighted by Gasteiger charge is -2.27. The number of carbonyl (C=O) groups is 1. The maximum Gasteiger partial charge on any atom is 0.252 e. The largest absolute Gasteiger partial charge is 0.394 e. The second-order valence-corrected chi connectivity index (χ2v) is 7.29. The fraction of sp³-hybridized carbons (Fsp3) is 0.500. The Balaban J connectivity index is 3.17. The van der Waals surface area contributed by atoms with E-state index in [4.69, 9.17) is 0 Å². The van der Waals surface area contributed by atoms with E-state index >= 15 is 0 Å². The first kappa shape index (κ1) is 16.7. The van der Waals surface area contributed by atoms with Crippen LogP contribution in [0.25, 0.3) is 0 Å². The first-order chi connectivity index (χ1) is 9.13. The molecule has 0 aliphatic rings. The molecule has 0 radical (unpaired) electrons. The lowest BCUT2D eigenvalue weighted by atomic mass is 9.99. The number of rotatable bonds is 5. The van der Waals surface area contributed by atoms with Gasteiger partial charge in [0.2, 0.25) is 0 Å². The molecule has 0 spiro atoms. The van der Waals surface area contributed by atoms with Crippen molar-refractivity contribution in [2.45, 2.75) is 37.6 Å². The number of amides is 1. The van der Waals surface area contributed by atoms with Crippen LogP contribution in [0.5, 0.6) is 0 Å². The zero-order valence-corrected chi connectivity index (χ0v) is 13.0. The molecule has 1 aromatic rings. The molecular formula is C14H21NO4S. The highest BCUT2D eigenvalue weighted by Gasteiger charge is 2.25. The van der Waals surface area contributed by atoms with Gasteiger partial charge in [0.15, 0.2) is 9.84 Å². The molecule has 0 aliphatic heterocycles. The number of sulfone groups is 1. The van der Waals surface area contributed by atoms with E-state index < -0.39 is 15.4 Å². The van der Waals surface area contributed by atoms with Gasteiger partial charge in [-0.25, -0.2) is 8.42 Å². The van der Waals surface area contributed by atoms with Crippen molar-refractivity contribution in [1.82, 2.24) is 5.32 Å². The van der Waals surface area contributed by atoms with Gasteiger partial charge in [-0.15, -0.1) is 0 Å². The minimum absolute atomic E-state index is 0.107. The van der Waals surface area contributed by atoms with Crippen LogP contribution in [0.4, 0.5) is 0 Å². The van der Waals surface area contributed by atoms with Gasteiger partial charge in [0, 0.05) is 11.8 Å². The summed E-state index contributed by atoms with van der Waals surface area (Å²) in [7, 11) is -3.36. The summed E-state index contributed by atoms with van der Waals surface area (Å²) in [5.41, 5.74) is 0.275. The van der Waals surface area contributed by atoms with Crippen molar-refractivity contribution in [3.63, 3.8) is 0 Å². The molecular weight excluding hydrogens is 278 g/mol. The molecule has 0 saturated carbocycles. The molecule has 6 heteroatoms. The van der Waals surface area contributed by atoms with Gasteiger partial charge in [-0.3, -0.25) is 4.79 Å². The summed E-state index contributed by atoms with van der Waals surface area (Å²) < 4.78 is 23.1. The highest BCUT2D eigenvalue weighted by molar-refractivity contribution is 7.90. The molecule has 1 amide bonds. The third-order valence-corrected chi connectivity index (χ3v) is 4.54. The smallest absolute Gasteiger partial charge is 0.252 e. The van der Waals surface area contributed by atoms with Gasteiger partial charge in [-0.05, 0) is 38.0 Å². The third kappa shape index (κ3) is 3.80. The van der Waals surface area contributed by atoms with Gasteiger partial charge in [-0.2, -0.15) is 0 Å². The summed E-state index contributed by atoms with van der Waals surface area (Å²) in [4.78, 5) is 12.4. The standard InChI is InChI=1S/C14H21NO4S/c1-5-14(3,9-16)15-13(17)12-8-11(20(4,18)19)7-6-10(12)2/h6-8,16H,5,9H2,1-4H3,(H,15,17). The van der Waals surface area contributed by atoms with Crippen LogP contribution in [0.1, 0.15) is 36.2 Å². The summed E-state index contributed by atoms with van der Waals surface area (Å²) >= 11 is 0. The molecule has 0 aromatic heterocycles. The lowest BCUT2D eigenvalue weighted by molar-refractivity contribution is 0.0846. The topological polar surface area (TPSA) is 83.5 Å². The monoisotopic (exact) mass is 299 g/mol. The van der Waals surface area contributed by atoms with Crippen molar-refractivity contribution in [1.29, 1.82) is 0 Å². The molecule has 112 valence electrons. The fourth-order valence-corrected chi connectivity index (χ4v) is 2.30. The fourth-order valence-electron chi connectivity index (χ4n) is 1.66. The molecule has 0 bridgehead atoms. The molecule has 0 fully saturated rings. The van der Waals surface area contributed by atoms with Gasteiger partial charge in [-0.1, -0.05) is 13.0 Å². The van der Waals surface area contributed by atoms with Crippen LogP contribution in [0.3, 0.4) is 0 Å². The Labute approximate surface area is 119 Å². The summed E-state index contributed by atoms with van der Waals surface area (Å²) in [6.45, 7) is 5.15. The van der Waals surface area contributed by atoms with Crippen LogP contribution in [0.2, 0.25) is 0 Å². The van der Waals surface area contributed by atoms with Crippen LogP contribution in [0.15, 0.2) is 23.1 Å². The number of aryl methyl sites for hydroxylation is 1. The predicted molar refractivity (Wildman–Crippen MR) is 77.5 cm³/mol. The van der Waals surface area contributed by atoms with E-state index in [-0.39, 0.29) is 17.4 Å². The minimum atomic E-state index is -3.36.